The average molecular weight is 212 g/mol. The standard InChI is InChI=1S/C11H14ClNO/c1-3-5-9(13)11-8(12)6-4-7-10(11)14-2/h3-4,6-7,9H,1,5,13H2,2H3/t9-/m1/s1. The van der Waals surface area contributed by atoms with Crippen molar-refractivity contribution in [2.24, 2.45) is 5.73 Å². The zero-order valence-corrected chi connectivity index (χ0v) is 8.92. The van der Waals surface area contributed by atoms with Crippen molar-refractivity contribution in [3.63, 3.8) is 0 Å². The zero-order chi connectivity index (χ0) is 10.6. The maximum atomic E-state index is 6.04. The molecule has 0 heterocycles. The van der Waals surface area contributed by atoms with E-state index in [1.54, 1.807) is 13.2 Å². The largest absolute Gasteiger partial charge is 0.496 e. The van der Waals surface area contributed by atoms with Crippen molar-refractivity contribution in [2.75, 3.05) is 7.11 Å². The molecular formula is C11H14ClNO. The molecule has 0 aliphatic rings. The highest BCUT2D eigenvalue weighted by Gasteiger charge is 2.13. The van der Waals surface area contributed by atoms with E-state index in [1.165, 1.54) is 0 Å². The summed E-state index contributed by atoms with van der Waals surface area (Å²) in [7, 11) is 1.61. The lowest BCUT2D eigenvalue weighted by Crippen LogP contribution is -2.11. The lowest BCUT2D eigenvalue weighted by Gasteiger charge is -2.15. The molecule has 0 saturated carbocycles. The summed E-state index contributed by atoms with van der Waals surface area (Å²) in [4.78, 5) is 0. The minimum atomic E-state index is -0.156. The zero-order valence-electron chi connectivity index (χ0n) is 8.16. The van der Waals surface area contributed by atoms with E-state index in [4.69, 9.17) is 22.1 Å². The fourth-order valence-electron chi connectivity index (χ4n) is 1.35. The predicted octanol–water partition coefficient (Wildman–Crippen LogP) is 2.92. The summed E-state index contributed by atoms with van der Waals surface area (Å²) in [6.45, 7) is 3.65. The molecule has 0 aliphatic carbocycles. The minimum Gasteiger partial charge on any atom is -0.496 e. The fourth-order valence-corrected chi connectivity index (χ4v) is 1.66. The van der Waals surface area contributed by atoms with Gasteiger partial charge in [-0.25, -0.2) is 0 Å². The molecule has 0 aliphatic heterocycles. The van der Waals surface area contributed by atoms with Crippen LogP contribution in [0.1, 0.15) is 18.0 Å². The number of halogens is 1. The smallest absolute Gasteiger partial charge is 0.125 e. The SMILES string of the molecule is C=CC[C@@H](N)c1c(Cl)cccc1OC. The second-order valence-electron chi connectivity index (χ2n) is 2.99. The number of benzene rings is 1. The third-order valence-corrected chi connectivity index (χ3v) is 2.35. The van der Waals surface area contributed by atoms with Crippen LogP contribution in [-0.2, 0) is 0 Å². The quantitative estimate of drug-likeness (QED) is 0.778. The first kappa shape index (κ1) is 11.1. The van der Waals surface area contributed by atoms with Crippen LogP contribution in [-0.4, -0.2) is 7.11 Å². The van der Waals surface area contributed by atoms with Crippen LogP contribution in [0.25, 0.3) is 0 Å². The molecule has 76 valence electrons. The summed E-state index contributed by atoms with van der Waals surface area (Å²) in [5.41, 5.74) is 6.79. The second-order valence-corrected chi connectivity index (χ2v) is 3.39. The van der Waals surface area contributed by atoms with Gasteiger partial charge in [-0.05, 0) is 18.6 Å². The Morgan fingerprint density at radius 2 is 2.36 bits per heavy atom. The van der Waals surface area contributed by atoms with E-state index >= 15 is 0 Å². The van der Waals surface area contributed by atoms with Crippen LogP contribution in [0.4, 0.5) is 0 Å². The maximum absolute atomic E-state index is 6.04. The van der Waals surface area contributed by atoms with Crippen LogP contribution < -0.4 is 10.5 Å². The number of rotatable bonds is 4. The summed E-state index contributed by atoms with van der Waals surface area (Å²) in [6, 6.07) is 5.34. The number of methoxy groups -OCH3 is 1. The highest BCUT2D eigenvalue weighted by atomic mass is 35.5. The molecule has 0 aromatic heterocycles. The Kier molecular flexibility index (Phi) is 3.98. The summed E-state index contributed by atoms with van der Waals surface area (Å²) in [5.74, 6) is 0.729. The lowest BCUT2D eigenvalue weighted by molar-refractivity contribution is 0.406. The molecule has 0 unspecified atom stereocenters. The molecular weight excluding hydrogens is 198 g/mol. The van der Waals surface area contributed by atoms with Crippen LogP contribution in [0.2, 0.25) is 5.02 Å². The van der Waals surface area contributed by atoms with Gasteiger partial charge in [0.05, 0.1) is 7.11 Å². The summed E-state index contributed by atoms with van der Waals surface area (Å²) in [6.07, 6.45) is 2.45. The van der Waals surface area contributed by atoms with Crippen molar-refractivity contribution in [3.8, 4) is 5.75 Å². The van der Waals surface area contributed by atoms with Gasteiger partial charge in [0.25, 0.3) is 0 Å². The van der Waals surface area contributed by atoms with Crippen molar-refractivity contribution in [1.82, 2.24) is 0 Å². The van der Waals surface area contributed by atoms with Gasteiger partial charge in [0.15, 0.2) is 0 Å². The summed E-state index contributed by atoms with van der Waals surface area (Å²) >= 11 is 6.04. The van der Waals surface area contributed by atoms with E-state index in [9.17, 15) is 0 Å². The van der Waals surface area contributed by atoms with Crippen LogP contribution >= 0.6 is 11.6 Å². The molecule has 0 spiro atoms. The predicted molar refractivity (Wildman–Crippen MR) is 59.7 cm³/mol. The van der Waals surface area contributed by atoms with E-state index in [1.807, 2.05) is 18.2 Å². The third-order valence-electron chi connectivity index (χ3n) is 2.02. The van der Waals surface area contributed by atoms with Crippen LogP contribution in [0, 0.1) is 0 Å². The van der Waals surface area contributed by atoms with Gasteiger partial charge in [-0.2, -0.15) is 0 Å². The lowest BCUT2D eigenvalue weighted by atomic mass is 10.0. The molecule has 2 N–H and O–H groups in total. The molecule has 0 radical (unpaired) electrons. The molecule has 0 fully saturated rings. The second kappa shape index (κ2) is 5.03. The average Bonchev–Trinajstić information content (AvgIpc) is 2.17. The van der Waals surface area contributed by atoms with Gasteiger partial charge < -0.3 is 10.5 Å². The van der Waals surface area contributed by atoms with Crippen molar-refractivity contribution in [1.29, 1.82) is 0 Å². The highest BCUT2D eigenvalue weighted by molar-refractivity contribution is 6.31. The van der Waals surface area contributed by atoms with E-state index in [-0.39, 0.29) is 6.04 Å². The Morgan fingerprint density at radius 3 is 2.93 bits per heavy atom. The van der Waals surface area contributed by atoms with E-state index < -0.39 is 0 Å². The first-order chi connectivity index (χ1) is 6.70. The van der Waals surface area contributed by atoms with Gasteiger partial charge in [0, 0.05) is 16.6 Å². The molecule has 3 heteroatoms. The number of hydrogen-bond donors (Lipinski definition) is 1. The fraction of sp³-hybridized carbons (Fsp3) is 0.273. The molecule has 1 aromatic carbocycles. The first-order valence-corrected chi connectivity index (χ1v) is 4.77. The molecule has 2 nitrogen and oxygen atoms in total. The molecule has 0 saturated heterocycles. The minimum absolute atomic E-state index is 0.156. The van der Waals surface area contributed by atoms with Crippen LogP contribution in [0.3, 0.4) is 0 Å². The van der Waals surface area contributed by atoms with Crippen molar-refractivity contribution < 1.29 is 4.74 Å². The molecule has 0 amide bonds. The van der Waals surface area contributed by atoms with Gasteiger partial charge >= 0.3 is 0 Å². The van der Waals surface area contributed by atoms with Crippen molar-refractivity contribution >= 4 is 11.6 Å². The van der Waals surface area contributed by atoms with Gasteiger partial charge in [-0.3, -0.25) is 0 Å². The molecule has 1 atom stereocenters. The Balaban J connectivity index is 3.09. The Hall–Kier alpha value is -0.990. The van der Waals surface area contributed by atoms with Crippen molar-refractivity contribution in [2.45, 2.75) is 12.5 Å². The Labute approximate surface area is 89.3 Å². The van der Waals surface area contributed by atoms with E-state index in [2.05, 4.69) is 6.58 Å². The first-order valence-electron chi connectivity index (χ1n) is 4.39. The maximum Gasteiger partial charge on any atom is 0.125 e. The van der Waals surface area contributed by atoms with Gasteiger partial charge in [0.2, 0.25) is 0 Å². The van der Waals surface area contributed by atoms with Crippen LogP contribution in [0.5, 0.6) is 5.75 Å². The molecule has 14 heavy (non-hydrogen) atoms. The Morgan fingerprint density at radius 1 is 1.64 bits per heavy atom. The number of hydrogen-bond acceptors (Lipinski definition) is 2. The Bertz CT molecular complexity index is 325. The van der Waals surface area contributed by atoms with Crippen molar-refractivity contribution in [3.05, 3.63) is 41.4 Å². The van der Waals surface area contributed by atoms with Gasteiger partial charge in [-0.1, -0.05) is 23.7 Å². The number of nitrogens with two attached hydrogens (primary N) is 1. The third kappa shape index (κ3) is 2.28. The summed E-state index contributed by atoms with van der Waals surface area (Å²) in [5, 5.41) is 0.638. The molecule has 1 aromatic rings. The monoisotopic (exact) mass is 211 g/mol. The topological polar surface area (TPSA) is 35.2 Å². The van der Waals surface area contributed by atoms with E-state index in [0.717, 1.165) is 11.3 Å². The van der Waals surface area contributed by atoms with Gasteiger partial charge in [-0.15, -0.1) is 6.58 Å². The summed E-state index contributed by atoms with van der Waals surface area (Å²) < 4.78 is 5.19. The molecule has 0 bridgehead atoms. The molecule has 1 rings (SSSR count). The number of ether oxygens (including phenoxy) is 1. The van der Waals surface area contributed by atoms with Crippen LogP contribution in [0.15, 0.2) is 30.9 Å². The van der Waals surface area contributed by atoms with E-state index in [0.29, 0.717) is 11.4 Å². The highest BCUT2D eigenvalue weighted by Crippen LogP contribution is 2.32. The normalized spacial score (nSPS) is 12.2. The van der Waals surface area contributed by atoms with Gasteiger partial charge in [0.1, 0.15) is 5.75 Å².